The standard InChI is InChI=1S/C23H27NO5/c1-28-21-11-5-16(6-12-21)14-29-15-17-3-2-4-20(13-17)24-22(25)18-7-9-19(10-8-18)23(26)27/h2-6,11-13,18-19H,7-10,14-15H2,1H3,(H,24,25)(H,26,27). The maximum absolute atomic E-state index is 12.5. The third-order valence-electron chi connectivity index (χ3n) is 5.34. The van der Waals surface area contributed by atoms with Crippen LogP contribution in [0.5, 0.6) is 5.75 Å². The molecule has 0 aliphatic heterocycles. The first kappa shape index (κ1) is 20.9. The van der Waals surface area contributed by atoms with Gasteiger partial charge in [0.25, 0.3) is 0 Å². The molecule has 0 spiro atoms. The summed E-state index contributed by atoms with van der Waals surface area (Å²) >= 11 is 0. The van der Waals surface area contributed by atoms with E-state index in [2.05, 4.69) is 5.32 Å². The van der Waals surface area contributed by atoms with E-state index in [0.29, 0.717) is 38.9 Å². The second-order valence-corrected chi connectivity index (χ2v) is 7.42. The van der Waals surface area contributed by atoms with Gasteiger partial charge in [-0.25, -0.2) is 0 Å². The van der Waals surface area contributed by atoms with Crippen molar-refractivity contribution in [2.24, 2.45) is 11.8 Å². The van der Waals surface area contributed by atoms with Gasteiger partial charge in [-0.1, -0.05) is 24.3 Å². The highest BCUT2D eigenvalue weighted by Crippen LogP contribution is 2.30. The van der Waals surface area contributed by atoms with Gasteiger partial charge in [-0.05, 0) is 61.1 Å². The summed E-state index contributed by atoms with van der Waals surface area (Å²) in [5.74, 6) is -0.421. The number of amides is 1. The van der Waals surface area contributed by atoms with Crippen LogP contribution in [0.25, 0.3) is 0 Å². The van der Waals surface area contributed by atoms with Gasteiger partial charge < -0.3 is 19.9 Å². The number of hydrogen-bond acceptors (Lipinski definition) is 4. The lowest BCUT2D eigenvalue weighted by atomic mass is 9.81. The van der Waals surface area contributed by atoms with Crippen molar-refractivity contribution in [2.45, 2.75) is 38.9 Å². The molecule has 2 aromatic rings. The number of carbonyl (C=O) groups excluding carboxylic acids is 1. The Kier molecular flexibility index (Phi) is 7.25. The Morgan fingerprint density at radius 3 is 2.28 bits per heavy atom. The molecule has 2 aromatic carbocycles. The van der Waals surface area contributed by atoms with Crippen LogP contribution in [0.2, 0.25) is 0 Å². The number of rotatable bonds is 8. The van der Waals surface area contributed by atoms with Crippen LogP contribution in [0, 0.1) is 11.8 Å². The van der Waals surface area contributed by atoms with E-state index in [0.717, 1.165) is 22.6 Å². The van der Waals surface area contributed by atoms with Crippen LogP contribution in [-0.2, 0) is 27.5 Å². The molecule has 1 aliphatic rings. The number of methoxy groups -OCH3 is 1. The number of ether oxygens (including phenoxy) is 2. The number of carboxylic acids is 1. The topological polar surface area (TPSA) is 84.9 Å². The van der Waals surface area contributed by atoms with Crippen molar-refractivity contribution in [2.75, 3.05) is 12.4 Å². The summed E-state index contributed by atoms with van der Waals surface area (Å²) < 4.78 is 10.9. The highest BCUT2D eigenvalue weighted by molar-refractivity contribution is 5.92. The summed E-state index contributed by atoms with van der Waals surface area (Å²) in [5.41, 5.74) is 2.78. The largest absolute Gasteiger partial charge is 0.497 e. The van der Waals surface area contributed by atoms with E-state index in [4.69, 9.17) is 14.6 Å². The summed E-state index contributed by atoms with van der Waals surface area (Å²) in [7, 11) is 1.64. The minimum atomic E-state index is -0.758. The molecule has 0 radical (unpaired) electrons. The molecule has 0 saturated heterocycles. The second kappa shape index (κ2) is 10.1. The van der Waals surface area contributed by atoms with E-state index in [-0.39, 0.29) is 17.7 Å². The Morgan fingerprint density at radius 1 is 0.966 bits per heavy atom. The number of carboxylic acid groups (broad SMARTS) is 1. The highest BCUT2D eigenvalue weighted by Gasteiger charge is 2.29. The molecule has 6 heteroatoms. The molecule has 0 unspecified atom stereocenters. The quantitative estimate of drug-likeness (QED) is 0.696. The minimum absolute atomic E-state index is 0.0369. The van der Waals surface area contributed by atoms with E-state index in [1.807, 2.05) is 48.5 Å². The third-order valence-corrected chi connectivity index (χ3v) is 5.34. The Morgan fingerprint density at radius 2 is 1.62 bits per heavy atom. The van der Waals surface area contributed by atoms with Crippen LogP contribution in [0.1, 0.15) is 36.8 Å². The lowest BCUT2D eigenvalue weighted by Crippen LogP contribution is -2.29. The summed E-state index contributed by atoms with van der Waals surface area (Å²) in [4.78, 5) is 23.6. The molecule has 1 saturated carbocycles. The van der Waals surface area contributed by atoms with Crippen LogP contribution in [0.15, 0.2) is 48.5 Å². The molecule has 1 amide bonds. The number of hydrogen-bond donors (Lipinski definition) is 2. The fraction of sp³-hybridized carbons (Fsp3) is 0.391. The lowest BCUT2D eigenvalue weighted by molar-refractivity contribution is -0.143. The van der Waals surface area contributed by atoms with Gasteiger partial charge in [0.05, 0.1) is 26.2 Å². The van der Waals surface area contributed by atoms with Crippen LogP contribution >= 0.6 is 0 Å². The zero-order valence-corrected chi connectivity index (χ0v) is 16.6. The molecule has 0 bridgehead atoms. The number of benzene rings is 2. The molecule has 1 fully saturated rings. The molecule has 6 nitrogen and oxygen atoms in total. The van der Waals surface area contributed by atoms with Crippen LogP contribution in [0.4, 0.5) is 5.69 Å². The van der Waals surface area contributed by atoms with Gasteiger partial charge in [0, 0.05) is 11.6 Å². The summed E-state index contributed by atoms with van der Waals surface area (Å²) in [6, 6.07) is 15.4. The Hall–Kier alpha value is -2.86. The van der Waals surface area contributed by atoms with Crippen molar-refractivity contribution in [3.8, 4) is 5.75 Å². The van der Waals surface area contributed by atoms with Gasteiger partial charge in [0.15, 0.2) is 0 Å². The van der Waals surface area contributed by atoms with Gasteiger partial charge in [-0.2, -0.15) is 0 Å². The van der Waals surface area contributed by atoms with E-state index >= 15 is 0 Å². The van der Waals surface area contributed by atoms with Gasteiger partial charge in [0.1, 0.15) is 5.75 Å². The SMILES string of the molecule is COc1ccc(COCc2cccc(NC(=O)C3CCC(C(=O)O)CC3)c2)cc1. The second-order valence-electron chi connectivity index (χ2n) is 7.42. The van der Waals surface area contributed by atoms with Crippen molar-refractivity contribution in [1.29, 1.82) is 0 Å². The van der Waals surface area contributed by atoms with E-state index < -0.39 is 5.97 Å². The molecule has 1 aliphatic carbocycles. The van der Waals surface area contributed by atoms with E-state index in [9.17, 15) is 9.59 Å². The minimum Gasteiger partial charge on any atom is -0.497 e. The van der Waals surface area contributed by atoms with Gasteiger partial charge >= 0.3 is 5.97 Å². The highest BCUT2D eigenvalue weighted by atomic mass is 16.5. The van der Waals surface area contributed by atoms with E-state index in [1.165, 1.54) is 0 Å². The molecule has 2 N–H and O–H groups in total. The first-order valence-corrected chi connectivity index (χ1v) is 9.88. The molecule has 0 aromatic heterocycles. The first-order valence-electron chi connectivity index (χ1n) is 9.88. The maximum atomic E-state index is 12.5. The summed E-state index contributed by atoms with van der Waals surface area (Å²) in [5, 5.41) is 12.0. The Bertz CT molecular complexity index is 825. The van der Waals surface area contributed by atoms with Crippen molar-refractivity contribution < 1.29 is 24.2 Å². The average molecular weight is 397 g/mol. The molecular weight excluding hydrogens is 370 g/mol. The van der Waals surface area contributed by atoms with E-state index in [1.54, 1.807) is 7.11 Å². The van der Waals surface area contributed by atoms with Crippen LogP contribution in [0.3, 0.4) is 0 Å². The molecular formula is C23H27NO5. The van der Waals surface area contributed by atoms with Gasteiger partial charge in [-0.15, -0.1) is 0 Å². The summed E-state index contributed by atoms with van der Waals surface area (Å²) in [6.07, 6.45) is 2.36. The number of anilines is 1. The molecule has 0 heterocycles. The normalized spacial score (nSPS) is 18.8. The smallest absolute Gasteiger partial charge is 0.306 e. The first-order chi connectivity index (χ1) is 14.0. The number of aliphatic carboxylic acids is 1. The third kappa shape index (κ3) is 6.06. The molecule has 29 heavy (non-hydrogen) atoms. The van der Waals surface area contributed by atoms with Crippen molar-refractivity contribution >= 4 is 17.6 Å². The Labute approximate surface area is 170 Å². The monoisotopic (exact) mass is 397 g/mol. The van der Waals surface area contributed by atoms with Gasteiger partial charge in [-0.3, -0.25) is 9.59 Å². The van der Waals surface area contributed by atoms with Crippen LogP contribution in [-0.4, -0.2) is 24.1 Å². The maximum Gasteiger partial charge on any atom is 0.306 e. The number of carbonyl (C=O) groups is 2. The lowest BCUT2D eigenvalue weighted by Gasteiger charge is -2.25. The number of nitrogens with one attached hydrogen (secondary N) is 1. The molecule has 0 atom stereocenters. The Balaban J connectivity index is 1.47. The molecule has 154 valence electrons. The van der Waals surface area contributed by atoms with Crippen LogP contribution < -0.4 is 10.1 Å². The average Bonchev–Trinajstić information content (AvgIpc) is 2.74. The zero-order valence-electron chi connectivity index (χ0n) is 16.6. The molecule has 3 rings (SSSR count). The fourth-order valence-corrected chi connectivity index (χ4v) is 3.59. The van der Waals surface area contributed by atoms with Crippen molar-refractivity contribution in [3.05, 3.63) is 59.7 Å². The predicted octanol–water partition coefficient (Wildman–Crippen LogP) is 4.24. The fourth-order valence-electron chi connectivity index (χ4n) is 3.59. The van der Waals surface area contributed by atoms with Crippen molar-refractivity contribution in [1.82, 2.24) is 0 Å². The zero-order chi connectivity index (χ0) is 20.6. The predicted molar refractivity (Wildman–Crippen MR) is 110 cm³/mol. The van der Waals surface area contributed by atoms with Gasteiger partial charge in [0.2, 0.25) is 5.91 Å². The van der Waals surface area contributed by atoms with Crippen molar-refractivity contribution in [3.63, 3.8) is 0 Å². The summed E-state index contributed by atoms with van der Waals surface area (Å²) in [6.45, 7) is 0.937.